The minimum atomic E-state index is 0.551. The van der Waals surface area contributed by atoms with Crippen molar-refractivity contribution < 1.29 is 0 Å². The molecule has 0 radical (unpaired) electrons. The highest BCUT2D eigenvalue weighted by molar-refractivity contribution is 5.64. The van der Waals surface area contributed by atoms with E-state index in [0.29, 0.717) is 5.92 Å². The maximum Gasteiger partial charge on any atom is 0.227 e. The third kappa shape index (κ3) is 4.83. The van der Waals surface area contributed by atoms with Gasteiger partial charge < -0.3 is 15.1 Å². The first-order chi connectivity index (χ1) is 14.2. The van der Waals surface area contributed by atoms with Crippen LogP contribution in [0.3, 0.4) is 0 Å². The number of nitrogens with zero attached hydrogens (tertiary/aromatic N) is 5. The third-order valence-electron chi connectivity index (χ3n) is 5.01. The largest absolute Gasteiger partial charge is 0.370 e. The van der Waals surface area contributed by atoms with Gasteiger partial charge in [-0.25, -0.2) is 9.97 Å². The lowest BCUT2D eigenvalue weighted by Crippen LogP contribution is -2.47. The Labute approximate surface area is 172 Å². The first-order valence-corrected chi connectivity index (χ1v) is 10.3. The van der Waals surface area contributed by atoms with Gasteiger partial charge in [0.05, 0.1) is 5.69 Å². The third-order valence-corrected chi connectivity index (χ3v) is 5.01. The highest BCUT2D eigenvalue weighted by atomic mass is 15.3. The molecular formula is C23H28N6. The summed E-state index contributed by atoms with van der Waals surface area (Å²) in [6.07, 6.45) is 1.85. The quantitative estimate of drug-likeness (QED) is 0.690. The average molecular weight is 389 g/mol. The molecular weight excluding hydrogens is 360 g/mol. The number of pyridine rings is 1. The molecule has 1 saturated heterocycles. The summed E-state index contributed by atoms with van der Waals surface area (Å²) in [6.45, 7) is 8.85. The lowest BCUT2D eigenvalue weighted by atomic mass is 10.1. The number of benzene rings is 1. The molecule has 0 spiro atoms. The molecule has 1 aromatic carbocycles. The van der Waals surface area contributed by atoms with Crippen LogP contribution in [0.5, 0.6) is 0 Å². The molecule has 6 nitrogen and oxygen atoms in total. The molecule has 3 heterocycles. The Morgan fingerprint density at radius 3 is 2.31 bits per heavy atom. The zero-order valence-corrected chi connectivity index (χ0v) is 17.1. The summed E-state index contributed by atoms with van der Waals surface area (Å²) < 4.78 is 0. The second-order valence-corrected chi connectivity index (χ2v) is 7.74. The maximum absolute atomic E-state index is 4.89. The highest BCUT2D eigenvalue weighted by Crippen LogP contribution is 2.24. The van der Waals surface area contributed by atoms with Crippen LogP contribution in [0, 0.1) is 5.92 Å². The van der Waals surface area contributed by atoms with E-state index < -0.39 is 0 Å². The Morgan fingerprint density at radius 1 is 0.897 bits per heavy atom. The first kappa shape index (κ1) is 19.2. The zero-order valence-electron chi connectivity index (χ0n) is 17.1. The normalized spacial score (nSPS) is 14.3. The van der Waals surface area contributed by atoms with Crippen LogP contribution >= 0.6 is 0 Å². The molecule has 3 aromatic rings. The number of hydrogen-bond donors (Lipinski definition) is 1. The molecule has 0 bridgehead atoms. The van der Waals surface area contributed by atoms with Gasteiger partial charge in [0.25, 0.3) is 0 Å². The Hall–Kier alpha value is -3.15. The van der Waals surface area contributed by atoms with Crippen molar-refractivity contribution in [2.24, 2.45) is 5.92 Å². The number of rotatable bonds is 6. The maximum atomic E-state index is 4.89. The van der Waals surface area contributed by atoms with E-state index in [2.05, 4.69) is 52.1 Å². The molecule has 0 saturated carbocycles. The Kier molecular flexibility index (Phi) is 5.89. The van der Waals surface area contributed by atoms with Crippen LogP contribution in [-0.2, 0) is 0 Å². The fourth-order valence-electron chi connectivity index (χ4n) is 3.41. The molecule has 0 aliphatic carbocycles. The summed E-state index contributed by atoms with van der Waals surface area (Å²) in [5.41, 5.74) is 2.06. The number of hydrogen-bond acceptors (Lipinski definition) is 6. The van der Waals surface area contributed by atoms with E-state index in [1.54, 1.807) is 0 Å². The van der Waals surface area contributed by atoms with Crippen LogP contribution in [0.4, 0.5) is 17.6 Å². The van der Waals surface area contributed by atoms with Crippen LogP contribution in [0.2, 0.25) is 0 Å². The topological polar surface area (TPSA) is 57.2 Å². The second kappa shape index (κ2) is 8.90. The van der Waals surface area contributed by atoms with E-state index in [1.165, 1.54) is 0 Å². The molecule has 1 fully saturated rings. The number of aromatic nitrogens is 3. The van der Waals surface area contributed by atoms with E-state index in [0.717, 1.165) is 61.6 Å². The summed E-state index contributed by atoms with van der Waals surface area (Å²) in [5.74, 6) is 3.26. The van der Waals surface area contributed by atoms with Gasteiger partial charge in [0, 0.05) is 50.6 Å². The molecule has 29 heavy (non-hydrogen) atoms. The monoisotopic (exact) mass is 388 g/mol. The molecule has 4 rings (SSSR count). The summed E-state index contributed by atoms with van der Waals surface area (Å²) in [4.78, 5) is 18.8. The Balaban J connectivity index is 1.55. The average Bonchev–Trinajstić information content (AvgIpc) is 2.79. The lowest BCUT2D eigenvalue weighted by molar-refractivity contribution is 0.634. The van der Waals surface area contributed by atoms with E-state index >= 15 is 0 Å². The van der Waals surface area contributed by atoms with Gasteiger partial charge in [-0.3, -0.25) is 0 Å². The predicted octanol–water partition coefficient (Wildman–Crippen LogP) is 3.93. The smallest absolute Gasteiger partial charge is 0.227 e. The lowest BCUT2D eigenvalue weighted by Gasteiger charge is -2.35. The van der Waals surface area contributed by atoms with Crippen LogP contribution in [0.15, 0.2) is 60.8 Å². The molecule has 150 valence electrons. The standard InChI is InChI=1S/C23H28N6/c1-18(2)17-25-21-16-20(19-8-4-3-5-9-19)26-23(27-21)29-14-12-28(13-15-29)22-10-6-7-11-24-22/h3-11,16,18H,12-15,17H2,1-2H3,(H,25,26,27). The Morgan fingerprint density at radius 2 is 1.62 bits per heavy atom. The van der Waals surface area contributed by atoms with Gasteiger partial charge in [0.2, 0.25) is 5.95 Å². The van der Waals surface area contributed by atoms with E-state index in [4.69, 9.17) is 9.97 Å². The SMILES string of the molecule is CC(C)CNc1cc(-c2ccccc2)nc(N2CCN(c3ccccn3)CC2)n1. The van der Waals surface area contributed by atoms with Gasteiger partial charge in [-0.1, -0.05) is 50.2 Å². The predicted molar refractivity (Wildman–Crippen MR) is 119 cm³/mol. The fourth-order valence-corrected chi connectivity index (χ4v) is 3.41. The van der Waals surface area contributed by atoms with E-state index in [1.807, 2.05) is 42.6 Å². The van der Waals surface area contributed by atoms with Gasteiger partial charge in [-0.15, -0.1) is 0 Å². The molecule has 2 aromatic heterocycles. The summed E-state index contributed by atoms with van der Waals surface area (Å²) >= 11 is 0. The van der Waals surface area contributed by atoms with Crippen molar-refractivity contribution in [2.75, 3.05) is 47.8 Å². The number of anilines is 3. The van der Waals surface area contributed by atoms with E-state index in [9.17, 15) is 0 Å². The second-order valence-electron chi connectivity index (χ2n) is 7.74. The number of nitrogens with one attached hydrogen (secondary N) is 1. The van der Waals surface area contributed by atoms with Crippen LogP contribution < -0.4 is 15.1 Å². The van der Waals surface area contributed by atoms with E-state index in [-0.39, 0.29) is 0 Å². The van der Waals surface area contributed by atoms with Crippen LogP contribution in [0.25, 0.3) is 11.3 Å². The van der Waals surface area contributed by atoms with Crippen molar-refractivity contribution in [3.05, 3.63) is 60.8 Å². The van der Waals surface area contributed by atoms with Gasteiger partial charge in [0.15, 0.2) is 0 Å². The van der Waals surface area contributed by atoms with Crippen molar-refractivity contribution in [2.45, 2.75) is 13.8 Å². The minimum Gasteiger partial charge on any atom is -0.370 e. The van der Waals surface area contributed by atoms with Gasteiger partial charge >= 0.3 is 0 Å². The Bertz CT molecular complexity index is 905. The summed E-state index contributed by atoms with van der Waals surface area (Å²) in [7, 11) is 0. The van der Waals surface area contributed by atoms with Gasteiger partial charge in [0.1, 0.15) is 11.6 Å². The van der Waals surface area contributed by atoms with Crippen molar-refractivity contribution in [1.82, 2.24) is 15.0 Å². The van der Waals surface area contributed by atoms with Crippen LogP contribution in [0.1, 0.15) is 13.8 Å². The highest BCUT2D eigenvalue weighted by Gasteiger charge is 2.21. The van der Waals surface area contributed by atoms with Crippen LogP contribution in [-0.4, -0.2) is 47.7 Å². The molecule has 1 N–H and O–H groups in total. The minimum absolute atomic E-state index is 0.551. The molecule has 0 atom stereocenters. The summed E-state index contributed by atoms with van der Waals surface area (Å²) in [6, 6.07) is 18.4. The van der Waals surface area contributed by atoms with Crippen molar-refractivity contribution >= 4 is 17.6 Å². The van der Waals surface area contributed by atoms with Crippen molar-refractivity contribution in [3.8, 4) is 11.3 Å². The van der Waals surface area contributed by atoms with Crippen molar-refractivity contribution in [3.63, 3.8) is 0 Å². The summed E-state index contributed by atoms with van der Waals surface area (Å²) in [5, 5.41) is 3.47. The molecule has 6 heteroatoms. The molecule has 0 amide bonds. The molecule has 0 unspecified atom stereocenters. The zero-order chi connectivity index (χ0) is 20.1. The molecule has 1 aliphatic rings. The van der Waals surface area contributed by atoms with Gasteiger partial charge in [-0.2, -0.15) is 4.98 Å². The first-order valence-electron chi connectivity index (χ1n) is 10.3. The number of piperazine rings is 1. The molecule has 1 aliphatic heterocycles. The van der Waals surface area contributed by atoms with Gasteiger partial charge in [-0.05, 0) is 18.1 Å². The van der Waals surface area contributed by atoms with Crippen molar-refractivity contribution in [1.29, 1.82) is 0 Å². The fraction of sp³-hybridized carbons (Fsp3) is 0.348.